The Morgan fingerprint density at radius 2 is 1.74 bits per heavy atom. The molecular formula is C27H37N3O4. The number of nitrogens with one attached hydrogen (secondary N) is 2. The first-order chi connectivity index (χ1) is 16.2. The number of hydrogen-bond donors (Lipinski definition) is 3. The van der Waals surface area contributed by atoms with Gasteiger partial charge in [-0.3, -0.25) is 9.59 Å². The number of allylic oxidation sites excluding steroid dienone is 2. The topological polar surface area (TPSA) is 98.7 Å². The zero-order valence-corrected chi connectivity index (χ0v) is 20.4. The van der Waals surface area contributed by atoms with Crippen LogP contribution in [0.5, 0.6) is 0 Å². The van der Waals surface area contributed by atoms with Gasteiger partial charge in [0.2, 0.25) is 5.91 Å². The third kappa shape index (κ3) is 6.72. The highest BCUT2D eigenvalue weighted by atomic mass is 16.4. The molecule has 0 unspecified atom stereocenters. The van der Waals surface area contributed by atoms with E-state index < -0.39 is 29.4 Å². The summed E-state index contributed by atoms with van der Waals surface area (Å²) in [6.45, 7) is 5.88. The first-order valence-electron chi connectivity index (χ1n) is 12.2. The van der Waals surface area contributed by atoms with Crippen LogP contribution in [0.3, 0.4) is 0 Å². The largest absolute Gasteiger partial charge is 0.480 e. The molecule has 0 bridgehead atoms. The average Bonchev–Trinajstić information content (AvgIpc) is 2.81. The van der Waals surface area contributed by atoms with Gasteiger partial charge in [-0.2, -0.15) is 0 Å². The Labute approximate surface area is 202 Å². The van der Waals surface area contributed by atoms with E-state index >= 15 is 0 Å². The van der Waals surface area contributed by atoms with Gasteiger partial charge in [-0.25, -0.2) is 4.79 Å². The molecule has 184 valence electrons. The second-order valence-electron chi connectivity index (χ2n) is 10.3. The van der Waals surface area contributed by atoms with Gasteiger partial charge in [0.1, 0.15) is 17.8 Å². The molecule has 34 heavy (non-hydrogen) atoms. The van der Waals surface area contributed by atoms with Gasteiger partial charge in [-0.1, -0.05) is 82.5 Å². The summed E-state index contributed by atoms with van der Waals surface area (Å²) >= 11 is 0. The lowest BCUT2D eigenvalue weighted by atomic mass is 9.82. The summed E-state index contributed by atoms with van der Waals surface area (Å²) in [5.41, 5.74) is 0.917. The minimum absolute atomic E-state index is 0.0191. The summed E-state index contributed by atoms with van der Waals surface area (Å²) in [5, 5.41) is 15.4. The fraction of sp³-hybridized carbons (Fsp3) is 0.519. The summed E-state index contributed by atoms with van der Waals surface area (Å²) < 4.78 is 0. The number of hydrogen-bond acceptors (Lipinski definition) is 4. The maximum atomic E-state index is 13.4. The van der Waals surface area contributed by atoms with Crippen molar-refractivity contribution < 1.29 is 19.5 Å². The molecule has 2 aliphatic rings. The van der Waals surface area contributed by atoms with E-state index in [1.807, 2.05) is 53.6 Å². The van der Waals surface area contributed by atoms with Gasteiger partial charge in [0.25, 0.3) is 5.91 Å². The van der Waals surface area contributed by atoms with Gasteiger partial charge in [0.05, 0.1) is 0 Å². The molecule has 0 saturated heterocycles. The molecule has 0 spiro atoms. The quantitative estimate of drug-likeness (QED) is 0.537. The lowest BCUT2D eigenvalue weighted by molar-refractivity contribution is -0.145. The zero-order valence-electron chi connectivity index (χ0n) is 20.4. The number of aliphatic carboxylic acids is 1. The van der Waals surface area contributed by atoms with Crippen LogP contribution in [-0.4, -0.2) is 39.9 Å². The Kier molecular flexibility index (Phi) is 8.53. The third-order valence-electron chi connectivity index (χ3n) is 6.56. The molecule has 1 saturated carbocycles. The predicted molar refractivity (Wildman–Crippen MR) is 131 cm³/mol. The molecular weight excluding hydrogens is 430 g/mol. The Hall–Kier alpha value is -3.09. The third-order valence-corrected chi connectivity index (χ3v) is 6.56. The fourth-order valence-corrected chi connectivity index (χ4v) is 4.67. The maximum Gasteiger partial charge on any atom is 0.326 e. The molecule has 0 radical (unpaired) electrons. The highest BCUT2D eigenvalue weighted by Gasteiger charge is 2.38. The van der Waals surface area contributed by atoms with Crippen LogP contribution in [0.25, 0.3) is 0 Å². The monoisotopic (exact) mass is 467 g/mol. The summed E-state index contributed by atoms with van der Waals surface area (Å²) in [6, 6.07) is 8.07. The van der Waals surface area contributed by atoms with E-state index in [9.17, 15) is 19.5 Å². The molecule has 0 aromatic heterocycles. The van der Waals surface area contributed by atoms with Crippen molar-refractivity contribution in [1.82, 2.24) is 15.5 Å². The SMILES string of the molecule is CC(C)(C)[C@H](NC(=O)[C@@H](NC(=O)C1=CCC=CN1Cc1ccccc1)C1CCCCC1)C(=O)O. The molecule has 7 heteroatoms. The summed E-state index contributed by atoms with van der Waals surface area (Å²) in [6.07, 6.45) is 11.2. The smallest absolute Gasteiger partial charge is 0.326 e. The van der Waals surface area contributed by atoms with Gasteiger partial charge in [0, 0.05) is 12.7 Å². The van der Waals surface area contributed by atoms with Crippen molar-refractivity contribution in [1.29, 1.82) is 0 Å². The van der Waals surface area contributed by atoms with Crippen molar-refractivity contribution in [2.24, 2.45) is 11.3 Å². The number of carboxylic acid groups (broad SMARTS) is 1. The highest BCUT2D eigenvalue weighted by molar-refractivity contribution is 5.97. The van der Waals surface area contributed by atoms with E-state index in [0.29, 0.717) is 18.7 Å². The van der Waals surface area contributed by atoms with Gasteiger partial charge in [-0.05, 0) is 36.2 Å². The lowest BCUT2D eigenvalue weighted by Crippen LogP contribution is -2.58. The second kappa shape index (κ2) is 11.4. The van der Waals surface area contributed by atoms with E-state index in [1.54, 1.807) is 20.8 Å². The molecule has 1 heterocycles. The molecule has 3 rings (SSSR count). The normalized spacial score (nSPS) is 18.6. The van der Waals surface area contributed by atoms with Crippen LogP contribution in [0.4, 0.5) is 0 Å². The van der Waals surface area contributed by atoms with E-state index in [4.69, 9.17) is 0 Å². The van der Waals surface area contributed by atoms with Crippen molar-refractivity contribution in [3.05, 3.63) is 59.9 Å². The van der Waals surface area contributed by atoms with Crippen LogP contribution in [0.1, 0.15) is 64.9 Å². The molecule has 7 nitrogen and oxygen atoms in total. The van der Waals surface area contributed by atoms with Gasteiger partial charge < -0.3 is 20.6 Å². The van der Waals surface area contributed by atoms with Gasteiger partial charge in [-0.15, -0.1) is 0 Å². The highest BCUT2D eigenvalue weighted by Crippen LogP contribution is 2.28. The van der Waals surface area contributed by atoms with Crippen LogP contribution in [0, 0.1) is 11.3 Å². The average molecular weight is 468 g/mol. The molecule has 1 aromatic rings. The van der Waals surface area contributed by atoms with E-state index in [-0.39, 0.29) is 11.8 Å². The minimum Gasteiger partial charge on any atom is -0.480 e. The number of carbonyl (C=O) groups is 3. The summed E-state index contributed by atoms with van der Waals surface area (Å²) in [4.78, 5) is 40.5. The van der Waals surface area contributed by atoms with E-state index in [1.165, 1.54) is 0 Å². The molecule has 1 aliphatic carbocycles. The lowest BCUT2D eigenvalue weighted by Gasteiger charge is -2.34. The first kappa shape index (κ1) is 25.5. The van der Waals surface area contributed by atoms with E-state index in [2.05, 4.69) is 10.6 Å². The number of rotatable bonds is 8. The first-order valence-corrected chi connectivity index (χ1v) is 12.2. The number of benzene rings is 1. The number of carbonyl (C=O) groups excluding carboxylic acids is 2. The summed E-state index contributed by atoms with van der Waals surface area (Å²) in [7, 11) is 0. The Balaban J connectivity index is 1.78. The Bertz CT molecular complexity index is 927. The fourth-order valence-electron chi connectivity index (χ4n) is 4.67. The van der Waals surface area contributed by atoms with Crippen LogP contribution in [-0.2, 0) is 20.9 Å². The standard InChI is InChI=1S/C27H37N3O4/c1-27(2,3)23(26(33)34)29-25(32)22(20-14-8-5-9-15-20)28-24(31)21-16-10-11-17-30(21)18-19-12-6-4-7-13-19/h4,6-7,11-13,16-17,20,22-23H,5,8-10,14-15,18H2,1-3H3,(H,28,31)(H,29,32)(H,33,34)/t22-,23+/m0/s1. The maximum absolute atomic E-state index is 13.4. The molecule has 3 N–H and O–H groups in total. The number of nitrogens with zero attached hydrogens (tertiary/aromatic N) is 1. The molecule has 1 fully saturated rings. The van der Waals surface area contributed by atoms with Crippen molar-refractivity contribution in [3.8, 4) is 0 Å². The predicted octanol–water partition coefficient (Wildman–Crippen LogP) is 3.97. The van der Waals surface area contributed by atoms with Crippen LogP contribution < -0.4 is 10.6 Å². The Morgan fingerprint density at radius 1 is 1.06 bits per heavy atom. The van der Waals surface area contributed by atoms with E-state index in [0.717, 1.165) is 37.7 Å². The van der Waals surface area contributed by atoms with Crippen LogP contribution in [0.2, 0.25) is 0 Å². The van der Waals surface area contributed by atoms with Gasteiger partial charge in [0.15, 0.2) is 0 Å². The molecule has 1 aromatic carbocycles. The van der Waals surface area contributed by atoms with Crippen LogP contribution >= 0.6 is 0 Å². The number of amides is 2. The van der Waals surface area contributed by atoms with Crippen molar-refractivity contribution in [3.63, 3.8) is 0 Å². The second-order valence-corrected chi connectivity index (χ2v) is 10.3. The molecule has 2 amide bonds. The van der Waals surface area contributed by atoms with Gasteiger partial charge >= 0.3 is 5.97 Å². The summed E-state index contributed by atoms with van der Waals surface area (Å²) in [5.74, 6) is -1.84. The van der Waals surface area contributed by atoms with Crippen molar-refractivity contribution >= 4 is 17.8 Å². The zero-order chi connectivity index (χ0) is 24.7. The number of carboxylic acids is 1. The molecule has 2 atom stereocenters. The minimum atomic E-state index is -1.08. The molecule has 1 aliphatic heterocycles. The Morgan fingerprint density at radius 3 is 2.35 bits per heavy atom. The van der Waals surface area contributed by atoms with Crippen molar-refractivity contribution in [2.45, 2.75) is 77.9 Å². The van der Waals surface area contributed by atoms with Crippen molar-refractivity contribution in [2.75, 3.05) is 0 Å². The van der Waals surface area contributed by atoms with Crippen LogP contribution in [0.15, 0.2) is 54.4 Å².